The summed E-state index contributed by atoms with van der Waals surface area (Å²) in [7, 11) is 0. The van der Waals surface area contributed by atoms with Gasteiger partial charge in [0.2, 0.25) is 0 Å². The minimum absolute atomic E-state index is 0.302. The lowest BCUT2D eigenvalue weighted by atomic mass is 9.92. The van der Waals surface area contributed by atoms with Crippen molar-refractivity contribution in [3.8, 4) is 6.07 Å². The van der Waals surface area contributed by atoms with E-state index in [9.17, 15) is 10.1 Å². The minimum Gasteiger partial charge on any atom is -0.292 e. The summed E-state index contributed by atoms with van der Waals surface area (Å²) in [6.07, 6.45) is 0. The smallest absolute Gasteiger partial charge is 0.184 e. The summed E-state index contributed by atoms with van der Waals surface area (Å²) in [6, 6.07) is 13.6. The van der Waals surface area contributed by atoms with Gasteiger partial charge in [0.25, 0.3) is 0 Å². The molecule has 100 valence electrons. The van der Waals surface area contributed by atoms with Gasteiger partial charge in [-0.05, 0) is 45.8 Å². The highest BCUT2D eigenvalue weighted by Crippen LogP contribution is 2.27. The zero-order valence-electron chi connectivity index (χ0n) is 10.1. The molecule has 0 N–H and O–H groups in total. The van der Waals surface area contributed by atoms with E-state index in [1.54, 1.807) is 42.5 Å². The highest BCUT2D eigenvalue weighted by molar-refractivity contribution is 9.10. The van der Waals surface area contributed by atoms with Gasteiger partial charge in [-0.1, -0.05) is 41.4 Å². The third-order valence-corrected chi connectivity index (χ3v) is 4.24. The van der Waals surface area contributed by atoms with Crippen LogP contribution < -0.4 is 0 Å². The first kappa shape index (κ1) is 15.1. The van der Waals surface area contributed by atoms with Gasteiger partial charge in [0.1, 0.15) is 5.92 Å². The van der Waals surface area contributed by atoms with Gasteiger partial charge in [-0.25, -0.2) is 0 Å². The molecule has 2 aromatic rings. The van der Waals surface area contributed by atoms with Crippen LogP contribution in [0.15, 0.2) is 46.9 Å². The highest BCUT2D eigenvalue weighted by atomic mass is 79.9. The molecule has 1 atom stereocenters. The number of carbonyl (C=O) groups is 1. The quantitative estimate of drug-likeness (QED) is 0.694. The van der Waals surface area contributed by atoms with Gasteiger partial charge >= 0.3 is 0 Å². The van der Waals surface area contributed by atoms with E-state index in [-0.39, 0.29) is 5.78 Å². The molecule has 0 saturated carbocycles. The fourth-order valence-electron chi connectivity index (χ4n) is 1.79. The highest BCUT2D eigenvalue weighted by Gasteiger charge is 2.22. The van der Waals surface area contributed by atoms with Crippen molar-refractivity contribution in [2.24, 2.45) is 0 Å². The van der Waals surface area contributed by atoms with Gasteiger partial charge < -0.3 is 0 Å². The Morgan fingerprint density at radius 1 is 1.20 bits per heavy atom. The number of hydrogen-bond acceptors (Lipinski definition) is 2. The molecular weight excluding hydrogens is 361 g/mol. The normalized spacial score (nSPS) is 11.7. The third kappa shape index (κ3) is 3.21. The number of benzene rings is 2. The van der Waals surface area contributed by atoms with Crippen LogP contribution in [0.5, 0.6) is 0 Å². The van der Waals surface area contributed by atoms with Crippen LogP contribution in [0, 0.1) is 11.3 Å². The Balaban J connectivity index is 2.39. The van der Waals surface area contributed by atoms with Crippen LogP contribution in [-0.2, 0) is 0 Å². The third-order valence-electron chi connectivity index (χ3n) is 2.78. The summed E-state index contributed by atoms with van der Waals surface area (Å²) in [5, 5.41) is 10.2. The molecule has 1 unspecified atom stereocenters. The van der Waals surface area contributed by atoms with Crippen LogP contribution in [0.2, 0.25) is 10.0 Å². The van der Waals surface area contributed by atoms with Gasteiger partial charge in [0, 0.05) is 15.1 Å². The van der Waals surface area contributed by atoms with Gasteiger partial charge in [0.15, 0.2) is 5.78 Å². The molecule has 0 saturated heterocycles. The van der Waals surface area contributed by atoms with Crippen LogP contribution in [-0.4, -0.2) is 5.78 Å². The Labute approximate surface area is 135 Å². The second kappa shape index (κ2) is 6.41. The van der Waals surface area contributed by atoms with E-state index in [4.69, 9.17) is 23.2 Å². The lowest BCUT2D eigenvalue weighted by Crippen LogP contribution is -2.11. The van der Waals surface area contributed by atoms with Gasteiger partial charge in [-0.2, -0.15) is 5.26 Å². The zero-order valence-corrected chi connectivity index (χ0v) is 13.2. The predicted molar refractivity (Wildman–Crippen MR) is 83.3 cm³/mol. The number of rotatable bonds is 3. The fourth-order valence-corrected chi connectivity index (χ4v) is 2.41. The number of nitriles is 1. The van der Waals surface area contributed by atoms with E-state index in [2.05, 4.69) is 15.9 Å². The summed E-state index contributed by atoms with van der Waals surface area (Å²) in [4.78, 5) is 12.4. The van der Waals surface area contributed by atoms with Crippen LogP contribution in [0.4, 0.5) is 0 Å². The number of halogens is 3. The molecule has 2 rings (SSSR count). The van der Waals surface area contributed by atoms with Gasteiger partial charge in [-0.3, -0.25) is 4.79 Å². The van der Waals surface area contributed by atoms with Crippen molar-refractivity contribution in [3.05, 3.63) is 68.1 Å². The maximum Gasteiger partial charge on any atom is 0.184 e. The van der Waals surface area contributed by atoms with E-state index < -0.39 is 5.92 Å². The minimum atomic E-state index is -0.897. The average molecular weight is 369 g/mol. The molecule has 0 aliphatic carbocycles. The van der Waals surface area contributed by atoms with Gasteiger partial charge in [0.05, 0.1) is 11.1 Å². The monoisotopic (exact) mass is 367 g/mol. The molecule has 0 heterocycles. The Morgan fingerprint density at radius 2 is 1.95 bits per heavy atom. The number of nitrogens with zero attached hydrogens (tertiary/aromatic N) is 1. The molecule has 0 fully saturated rings. The molecule has 5 heteroatoms. The first-order valence-electron chi connectivity index (χ1n) is 5.67. The second-order valence-corrected chi connectivity index (χ2v) is 5.81. The number of ketones is 1. The Bertz CT molecular complexity index is 709. The van der Waals surface area contributed by atoms with E-state index in [1.807, 2.05) is 6.07 Å². The largest absolute Gasteiger partial charge is 0.292 e. The molecule has 2 aromatic carbocycles. The van der Waals surface area contributed by atoms with Crippen molar-refractivity contribution in [2.75, 3.05) is 0 Å². The van der Waals surface area contributed by atoms with Crippen LogP contribution in [0.25, 0.3) is 0 Å². The summed E-state index contributed by atoms with van der Waals surface area (Å²) >= 11 is 15.1. The number of hydrogen-bond donors (Lipinski definition) is 0. The predicted octanol–water partition coefficient (Wildman–Crippen LogP) is 5.25. The van der Waals surface area contributed by atoms with Crippen molar-refractivity contribution in [2.45, 2.75) is 5.92 Å². The molecule has 0 spiro atoms. The maximum atomic E-state index is 12.4. The molecule has 0 aliphatic heterocycles. The summed E-state index contributed by atoms with van der Waals surface area (Å²) in [6.45, 7) is 0. The van der Waals surface area contributed by atoms with E-state index in [0.29, 0.717) is 25.6 Å². The van der Waals surface area contributed by atoms with Crippen LogP contribution in [0.1, 0.15) is 21.8 Å². The average Bonchev–Trinajstić information content (AvgIpc) is 2.42. The molecule has 0 aromatic heterocycles. The number of carbonyl (C=O) groups excluding carboxylic acids is 1. The Kier molecular flexibility index (Phi) is 4.82. The van der Waals surface area contributed by atoms with Crippen molar-refractivity contribution in [1.82, 2.24) is 0 Å². The molecule has 0 amide bonds. The lowest BCUT2D eigenvalue weighted by Gasteiger charge is -2.09. The summed E-state index contributed by atoms with van der Waals surface area (Å²) in [5.74, 6) is -1.20. The van der Waals surface area contributed by atoms with Gasteiger partial charge in [-0.15, -0.1) is 0 Å². The molecule has 0 bridgehead atoms. The van der Waals surface area contributed by atoms with Crippen molar-refractivity contribution < 1.29 is 4.79 Å². The van der Waals surface area contributed by atoms with E-state index in [0.717, 1.165) is 0 Å². The Morgan fingerprint density at radius 3 is 2.55 bits per heavy atom. The van der Waals surface area contributed by atoms with Crippen molar-refractivity contribution in [3.63, 3.8) is 0 Å². The number of Topliss-reactive ketones (excluding diaryl/α,β-unsaturated/α-hetero) is 1. The SMILES string of the molecule is N#CC(C(=O)c1ccc(Br)c(Cl)c1)c1cccc(Cl)c1. The van der Waals surface area contributed by atoms with E-state index >= 15 is 0 Å². The zero-order chi connectivity index (χ0) is 14.7. The fraction of sp³-hybridized carbons (Fsp3) is 0.0667. The topological polar surface area (TPSA) is 40.9 Å². The molecule has 0 aliphatic rings. The Hall–Kier alpha value is -1.34. The first-order valence-corrected chi connectivity index (χ1v) is 7.22. The molecular formula is C15H8BrCl2NO. The molecule has 2 nitrogen and oxygen atoms in total. The van der Waals surface area contributed by atoms with Crippen molar-refractivity contribution in [1.29, 1.82) is 5.26 Å². The molecule has 0 radical (unpaired) electrons. The summed E-state index contributed by atoms with van der Waals surface area (Å²) < 4.78 is 0.701. The lowest BCUT2D eigenvalue weighted by molar-refractivity contribution is 0.0979. The molecule has 20 heavy (non-hydrogen) atoms. The van der Waals surface area contributed by atoms with Crippen LogP contribution in [0.3, 0.4) is 0 Å². The maximum absolute atomic E-state index is 12.4. The van der Waals surface area contributed by atoms with Crippen molar-refractivity contribution >= 4 is 44.9 Å². The summed E-state index contributed by atoms with van der Waals surface area (Å²) in [5.41, 5.74) is 0.966. The second-order valence-electron chi connectivity index (χ2n) is 4.11. The first-order chi connectivity index (χ1) is 9.52. The standard InChI is InChI=1S/C15H8BrCl2NO/c16-13-5-4-10(7-14(13)18)15(20)12(8-19)9-2-1-3-11(17)6-9/h1-7,12H. The van der Waals surface area contributed by atoms with Crippen LogP contribution >= 0.6 is 39.1 Å². The van der Waals surface area contributed by atoms with E-state index in [1.165, 1.54) is 0 Å².